The number of carbonyl (C=O) groups excluding carboxylic acids is 2. The summed E-state index contributed by atoms with van der Waals surface area (Å²) in [6.07, 6.45) is 3.37. The minimum Gasteiger partial charge on any atom is -0.496 e. The fraction of sp³-hybridized carbons (Fsp3) is 0.231. The predicted octanol–water partition coefficient (Wildman–Crippen LogP) is 4.94. The van der Waals surface area contributed by atoms with Crippen LogP contribution in [-0.2, 0) is 11.8 Å². The van der Waals surface area contributed by atoms with Gasteiger partial charge >= 0.3 is 0 Å². The maximum Gasteiger partial charge on any atom is 0.257 e. The maximum atomic E-state index is 12.5. The molecule has 2 N–H and O–H groups in total. The number of thiocarbonyl (C=S) groups is 1. The number of ether oxygens (including phenoxy) is 1. The van der Waals surface area contributed by atoms with Gasteiger partial charge in [0.15, 0.2) is 10.9 Å². The van der Waals surface area contributed by atoms with E-state index >= 15 is 0 Å². The molecule has 0 saturated carbocycles. The Morgan fingerprint density at radius 2 is 1.64 bits per heavy atom. The standard InChI is InChI=1S/C26H27N3O3S/c1-26(2,3)20-8-5-18(6-9-20)24(31)29-25(33)28-21-10-7-19(23(16-21)32-4)15-22(30)17-11-13-27-14-12-17/h5-14,16H,15H2,1-4H3,(H2,28,29,31,33). The number of nitrogens with one attached hydrogen (secondary N) is 2. The third-order valence-electron chi connectivity index (χ3n) is 5.14. The van der Waals surface area contributed by atoms with E-state index in [2.05, 4.69) is 36.4 Å². The summed E-state index contributed by atoms with van der Waals surface area (Å²) in [5.41, 5.74) is 3.66. The fourth-order valence-corrected chi connectivity index (χ4v) is 3.45. The van der Waals surface area contributed by atoms with Crippen molar-refractivity contribution in [2.75, 3.05) is 12.4 Å². The molecule has 1 heterocycles. The van der Waals surface area contributed by atoms with Gasteiger partial charge in [-0.1, -0.05) is 39.0 Å². The Morgan fingerprint density at radius 1 is 0.970 bits per heavy atom. The van der Waals surface area contributed by atoms with Gasteiger partial charge in [-0.15, -0.1) is 0 Å². The lowest BCUT2D eigenvalue weighted by Gasteiger charge is -2.19. The van der Waals surface area contributed by atoms with Crippen molar-refractivity contribution in [3.63, 3.8) is 0 Å². The zero-order valence-corrected chi connectivity index (χ0v) is 20.0. The molecule has 0 bridgehead atoms. The van der Waals surface area contributed by atoms with Crippen LogP contribution in [0.4, 0.5) is 5.69 Å². The molecule has 6 nitrogen and oxygen atoms in total. The number of pyridine rings is 1. The number of ketones is 1. The summed E-state index contributed by atoms with van der Waals surface area (Å²) < 4.78 is 5.46. The monoisotopic (exact) mass is 461 g/mol. The third kappa shape index (κ3) is 6.46. The normalized spacial score (nSPS) is 10.9. The lowest BCUT2D eigenvalue weighted by Crippen LogP contribution is -2.34. The van der Waals surface area contributed by atoms with Gasteiger partial charge in [0.05, 0.1) is 7.11 Å². The fourth-order valence-electron chi connectivity index (χ4n) is 3.24. The van der Waals surface area contributed by atoms with Crippen LogP contribution in [0.25, 0.3) is 0 Å². The number of amides is 1. The first kappa shape index (κ1) is 24.1. The predicted molar refractivity (Wildman–Crippen MR) is 134 cm³/mol. The Kier molecular flexibility index (Phi) is 7.55. The number of carbonyl (C=O) groups is 2. The van der Waals surface area contributed by atoms with Crippen molar-refractivity contribution in [2.24, 2.45) is 0 Å². The topological polar surface area (TPSA) is 80.3 Å². The molecule has 1 aromatic heterocycles. The molecular formula is C26H27N3O3S. The van der Waals surface area contributed by atoms with Crippen molar-refractivity contribution < 1.29 is 14.3 Å². The highest BCUT2D eigenvalue weighted by Gasteiger charge is 2.15. The van der Waals surface area contributed by atoms with Crippen LogP contribution in [0.2, 0.25) is 0 Å². The number of methoxy groups -OCH3 is 1. The van der Waals surface area contributed by atoms with E-state index in [1.807, 2.05) is 12.1 Å². The Bertz CT molecular complexity index is 1150. The van der Waals surface area contributed by atoms with Crippen molar-refractivity contribution in [1.29, 1.82) is 0 Å². The Labute approximate surface area is 199 Å². The van der Waals surface area contributed by atoms with Gasteiger partial charge in [0.2, 0.25) is 0 Å². The molecule has 0 aliphatic rings. The van der Waals surface area contributed by atoms with Crippen LogP contribution < -0.4 is 15.4 Å². The van der Waals surface area contributed by atoms with E-state index in [1.54, 1.807) is 62.0 Å². The second kappa shape index (κ2) is 10.4. The number of hydrogen-bond acceptors (Lipinski definition) is 5. The first-order chi connectivity index (χ1) is 15.7. The van der Waals surface area contributed by atoms with E-state index in [-0.39, 0.29) is 28.6 Å². The number of anilines is 1. The summed E-state index contributed by atoms with van der Waals surface area (Å²) in [4.78, 5) is 29.0. The van der Waals surface area contributed by atoms with E-state index in [4.69, 9.17) is 17.0 Å². The van der Waals surface area contributed by atoms with E-state index in [1.165, 1.54) is 0 Å². The second-order valence-corrected chi connectivity index (χ2v) is 9.01. The van der Waals surface area contributed by atoms with Crippen molar-refractivity contribution in [2.45, 2.75) is 32.6 Å². The van der Waals surface area contributed by atoms with E-state index in [0.29, 0.717) is 22.6 Å². The van der Waals surface area contributed by atoms with Crippen LogP contribution in [-0.4, -0.2) is 28.9 Å². The summed E-state index contributed by atoms with van der Waals surface area (Å²) in [5, 5.41) is 5.85. The SMILES string of the molecule is COc1cc(NC(=S)NC(=O)c2ccc(C(C)(C)C)cc2)ccc1CC(=O)c1ccncc1. The largest absolute Gasteiger partial charge is 0.496 e. The van der Waals surface area contributed by atoms with Crippen LogP contribution in [0.5, 0.6) is 5.75 Å². The molecule has 7 heteroatoms. The molecular weight excluding hydrogens is 434 g/mol. The average molecular weight is 462 g/mol. The van der Waals surface area contributed by atoms with Gasteiger partial charge in [0.1, 0.15) is 5.75 Å². The maximum absolute atomic E-state index is 12.5. The summed E-state index contributed by atoms with van der Waals surface area (Å²) >= 11 is 5.30. The molecule has 0 saturated heterocycles. The van der Waals surface area contributed by atoms with Crippen molar-refractivity contribution in [3.8, 4) is 5.75 Å². The van der Waals surface area contributed by atoms with Gasteiger partial charge in [-0.05, 0) is 53.5 Å². The molecule has 0 spiro atoms. The highest BCUT2D eigenvalue weighted by atomic mass is 32.1. The summed E-state index contributed by atoms with van der Waals surface area (Å²) in [5.74, 6) is 0.227. The molecule has 3 aromatic rings. The summed E-state index contributed by atoms with van der Waals surface area (Å²) in [6.45, 7) is 6.36. The van der Waals surface area contributed by atoms with Crippen molar-refractivity contribution >= 4 is 34.7 Å². The Morgan fingerprint density at radius 3 is 2.24 bits per heavy atom. The highest BCUT2D eigenvalue weighted by molar-refractivity contribution is 7.80. The first-order valence-corrected chi connectivity index (χ1v) is 10.9. The number of rotatable bonds is 6. The molecule has 3 rings (SSSR count). The molecule has 0 atom stereocenters. The third-order valence-corrected chi connectivity index (χ3v) is 5.34. The molecule has 33 heavy (non-hydrogen) atoms. The van der Waals surface area contributed by atoms with Gasteiger partial charge in [-0.25, -0.2) is 0 Å². The minimum atomic E-state index is -0.292. The second-order valence-electron chi connectivity index (χ2n) is 8.60. The van der Waals surface area contributed by atoms with E-state index in [9.17, 15) is 9.59 Å². The van der Waals surface area contributed by atoms with Crippen molar-refractivity contribution in [1.82, 2.24) is 10.3 Å². The molecule has 1 amide bonds. The molecule has 170 valence electrons. The van der Waals surface area contributed by atoms with Crippen molar-refractivity contribution in [3.05, 3.63) is 89.2 Å². The lowest BCUT2D eigenvalue weighted by atomic mass is 9.87. The summed E-state index contributed by atoms with van der Waals surface area (Å²) in [7, 11) is 1.54. The minimum absolute atomic E-state index is 0.0139. The van der Waals surface area contributed by atoms with Crippen LogP contribution in [0.3, 0.4) is 0 Å². The zero-order valence-electron chi connectivity index (χ0n) is 19.1. The first-order valence-electron chi connectivity index (χ1n) is 10.5. The quantitative estimate of drug-likeness (QED) is 0.400. The number of nitrogens with zero attached hydrogens (tertiary/aromatic N) is 1. The smallest absolute Gasteiger partial charge is 0.257 e. The van der Waals surface area contributed by atoms with Gasteiger partial charge in [-0.3, -0.25) is 19.9 Å². The lowest BCUT2D eigenvalue weighted by molar-refractivity contribution is 0.0974. The van der Waals surface area contributed by atoms with E-state index in [0.717, 1.165) is 11.1 Å². The van der Waals surface area contributed by atoms with Gasteiger partial charge in [-0.2, -0.15) is 0 Å². The Hall–Kier alpha value is -3.58. The van der Waals surface area contributed by atoms with Gasteiger partial charge < -0.3 is 10.1 Å². The molecule has 0 aliphatic carbocycles. The van der Waals surface area contributed by atoms with E-state index < -0.39 is 0 Å². The molecule has 2 aromatic carbocycles. The molecule has 0 unspecified atom stereocenters. The number of benzene rings is 2. The zero-order chi connectivity index (χ0) is 24.0. The number of aromatic nitrogens is 1. The number of hydrogen-bond donors (Lipinski definition) is 2. The molecule has 0 radical (unpaired) electrons. The van der Waals surface area contributed by atoms with Crippen LogP contribution in [0, 0.1) is 0 Å². The average Bonchev–Trinajstić information content (AvgIpc) is 2.80. The van der Waals surface area contributed by atoms with Gasteiger partial charge in [0.25, 0.3) is 5.91 Å². The Balaban J connectivity index is 1.63. The van der Waals surface area contributed by atoms with Crippen LogP contribution >= 0.6 is 12.2 Å². The molecule has 0 fully saturated rings. The van der Waals surface area contributed by atoms with Crippen LogP contribution in [0.15, 0.2) is 67.0 Å². The number of Topliss-reactive ketones (excluding diaryl/α,β-unsaturated/α-hetero) is 1. The summed E-state index contributed by atoms with van der Waals surface area (Å²) in [6, 6.07) is 16.2. The van der Waals surface area contributed by atoms with Gasteiger partial charge in [0, 0.05) is 47.3 Å². The molecule has 0 aliphatic heterocycles. The van der Waals surface area contributed by atoms with Crippen LogP contribution in [0.1, 0.15) is 52.6 Å². The highest BCUT2D eigenvalue weighted by Crippen LogP contribution is 2.25.